The van der Waals surface area contributed by atoms with E-state index in [1.807, 2.05) is 0 Å². The van der Waals surface area contributed by atoms with Crippen molar-refractivity contribution in [1.29, 1.82) is 0 Å². The smallest absolute Gasteiger partial charge is 0.325 e. The van der Waals surface area contributed by atoms with E-state index in [9.17, 15) is 14.7 Å². The number of phenols is 1. The molecule has 0 fully saturated rings. The lowest BCUT2D eigenvalue weighted by atomic mass is 10.2. The molecule has 0 heterocycles. The van der Waals surface area contributed by atoms with Gasteiger partial charge in [0.15, 0.2) is 11.5 Å². The summed E-state index contributed by atoms with van der Waals surface area (Å²) in [5.74, 6) is -0.715. The molecule has 18 heavy (non-hydrogen) atoms. The van der Waals surface area contributed by atoms with E-state index in [1.54, 1.807) is 0 Å². The van der Waals surface area contributed by atoms with Gasteiger partial charge in [-0.15, -0.1) is 0 Å². The van der Waals surface area contributed by atoms with Crippen LogP contribution in [0.5, 0.6) is 11.5 Å². The fourth-order valence-corrected chi connectivity index (χ4v) is 1.36. The number of esters is 1. The van der Waals surface area contributed by atoms with Crippen LogP contribution < -0.4 is 4.74 Å². The number of carbonyl (C=O) groups is 2. The van der Waals surface area contributed by atoms with Gasteiger partial charge in [0.05, 0.1) is 14.2 Å². The lowest BCUT2D eigenvalue weighted by molar-refractivity contribution is -0.141. The Balaban J connectivity index is 2.86. The van der Waals surface area contributed by atoms with E-state index in [0.29, 0.717) is 5.56 Å². The quantitative estimate of drug-likeness (QED) is 0.797. The second kappa shape index (κ2) is 5.90. The second-order valence-corrected chi connectivity index (χ2v) is 3.62. The minimum Gasteiger partial charge on any atom is -0.504 e. The van der Waals surface area contributed by atoms with Crippen molar-refractivity contribution in [3.8, 4) is 11.5 Å². The van der Waals surface area contributed by atoms with Crippen LogP contribution in [-0.2, 0) is 9.53 Å². The van der Waals surface area contributed by atoms with E-state index in [0.717, 1.165) is 0 Å². The maximum absolute atomic E-state index is 12.0. The Bertz CT molecular complexity index is 458. The first kappa shape index (κ1) is 13.8. The first-order valence-corrected chi connectivity index (χ1v) is 5.19. The van der Waals surface area contributed by atoms with Crippen LogP contribution in [0, 0.1) is 0 Å². The predicted octanol–water partition coefficient (Wildman–Crippen LogP) is 0.646. The van der Waals surface area contributed by atoms with Gasteiger partial charge in [0.2, 0.25) is 0 Å². The van der Waals surface area contributed by atoms with Gasteiger partial charge in [-0.3, -0.25) is 9.59 Å². The predicted molar refractivity (Wildman–Crippen MR) is 63.6 cm³/mol. The Hall–Kier alpha value is -2.24. The van der Waals surface area contributed by atoms with Gasteiger partial charge in [-0.1, -0.05) is 0 Å². The summed E-state index contributed by atoms with van der Waals surface area (Å²) < 4.78 is 9.38. The number of ether oxygens (including phenoxy) is 2. The van der Waals surface area contributed by atoms with E-state index in [4.69, 9.17) is 4.74 Å². The molecular formula is C12H15NO5. The second-order valence-electron chi connectivity index (χ2n) is 3.62. The molecule has 0 saturated heterocycles. The van der Waals surface area contributed by atoms with Crippen molar-refractivity contribution in [3.63, 3.8) is 0 Å². The molecule has 0 unspecified atom stereocenters. The Morgan fingerprint density at radius 3 is 2.56 bits per heavy atom. The average molecular weight is 253 g/mol. The zero-order valence-electron chi connectivity index (χ0n) is 10.5. The molecule has 1 N–H and O–H groups in total. The average Bonchev–Trinajstić information content (AvgIpc) is 2.38. The molecule has 1 aromatic rings. The molecule has 0 bridgehead atoms. The number of carbonyl (C=O) groups excluding carboxylic acids is 2. The Morgan fingerprint density at radius 2 is 2.00 bits per heavy atom. The van der Waals surface area contributed by atoms with Gasteiger partial charge in [-0.05, 0) is 18.2 Å². The number of amides is 1. The summed E-state index contributed by atoms with van der Waals surface area (Å²) in [7, 11) is 4.13. The van der Waals surface area contributed by atoms with Gasteiger partial charge in [0, 0.05) is 12.6 Å². The Kier molecular flexibility index (Phi) is 4.53. The molecular weight excluding hydrogens is 238 g/mol. The molecule has 1 rings (SSSR count). The fraction of sp³-hybridized carbons (Fsp3) is 0.333. The Labute approximate surface area is 105 Å². The largest absolute Gasteiger partial charge is 0.504 e. The third kappa shape index (κ3) is 3.13. The minimum atomic E-state index is -0.503. The lowest BCUT2D eigenvalue weighted by Crippen LogP contribution is -2.32. The Morgan fingerprint density at radius 1 is 1.33 bits per heavy atom. The van der Waals surface area contributed by atoms with Crippen molar-refractivity contribution < 1.29 is 24.2 Å². The lowest BCUT2D eigenvalue weighted by Gasteiger charge is -2.16. The first-order chi connectivity index (χ1) is 8.49. The molecule has 6 heteroatoms. The van der Waals surface area contributed by atoms with Gasteiger partial charge in [0.25, 0.3) is 5.91 Å². The monoisotopic (exact) mass is 253 g/mol. The summed E-state index contributed by atoms with van der Waals surface area (Å²) in [5, 5.41) is 9.41. The highest BCUT2D eigenvalue weighted by atomic mass is 16.5. The summed E-state index contributed by atoms with van der Waals surface area (Å²) in [6.07, 6.45) is 0. The van der Waals surface area contributed by atoms with Crippen LogP contribution in [-0.4, -0.2) is 49.7 Å². The van der Waals surface area contributed by atoms with Crippen LogP contribution in [0.4, 0.5) is 0 Å². The summed E-state index contributed by atoms with van der Waals surface area (Å²) >= 11 is 0. The van der Waals surface area contributed by atoms with E-state index in [2.05, 4.69) is 4.74 Å². The maximum atomic E-state index is 12.0. The van der Waals surface area contributed by atoms with E-state index >= 15 is 0 Å². The zero-order chi connectivity index (χ0) is 13.7. The zero-order valence-corrected chi connectivity index (χ0v) is 10.5. The van der Waals surface area contributed by atoms with Crippen molar-refractivity contribution in [2.24, 2.45) is 0 Å². The normalized spacial score (nSPS) is 9.72. The topological polar surface area (TPSA) is 76.1 Å². The standard InChI is InChI=1S/C12H15NO5/c1-13(7-11(15)18-3)12(16)8-4-5-9(14)10(6-8)17-2/h4-6,14H,7H2,1-3H3. The van der Waals surface area contributed by atoms with Crippen LogP contribution in [0.2, 0.25) is 0 Å². The van der Waals surface area contributed by atoms with Gasteiger partial charge >= 0.3 is 5.97 Å². The number of hydrogen-bond donors (Lipinski definition) is 1. The van der Waals surface area contributed by atoms with Crippen LogP contribution in [0.15, 0.2) is 18.2 Å². The highest BCUT2D eigenvalue weighted by molar-refractivity contribution is 5.96. The molecule has 0 aromatic heterocycles. The van der Waals surface area contributed by atoms with Gasteiger partial charge in [-0.2, -0.15) is 0 Å². The molecule has 1 aromatic carbocycles. The summed E-state index contributed by atoms with van der Waals surface area (Å²) in [4.78, 5) is 24.2. The third-order valence-electron chi connectivity index (χ3n) is 2.37. The van der Waals surface area contributed by atoms with Gasteiger partial charge < -0.3 is 19.5 Å². The molecule has 6 nitrogen and oxygen atoms in total. The van der Waals surface area contributed by atoms with Crippen LogP contribution >= 0.6 is 0 Å². The van der Waals surface area contributed by atoms with E-state index in [1.165, 1.54) is 44.4 Å². The van der Waals surface area contributed by atoms with Crippen LogP contribution in [0.25, 0.3) is 0 Å². The molecule has 98 valence electrons. The summed E-state index contributed by atoms with van der Waals surface area (Å²) in [6.45, 7) is -0.140. The number of aromatic hydroxyl groups is 1. The summed E-state index contributed by atoms with van der Waals surface area (Å²) in [6, 6.07) is 4.22. The maximum Gasteiger partial charge on any atom is 0.325 e. The fourth-order valence-electron chi connectivity index (χ4n) is 1.36. The van der Waals surface area contributed by atoms with Crippen molar-refractivity contribution in [2.45, 2.75) is 0 Å². The molecule has 0 aliphatic carbocycles. The van der Waals surface area contributed by atoms with Crippen molar-refractivity contribution in [3.05, 3.63) is 23.8 Å². The van der Waals surface area contributed by atoms with E-state index < -0.39 is 5.97 Å². The first-order valence-electron chi connectivity index (χ1n) is 5.19. The SMILES string of the molecule is COC(=O)CN(C)C(=O)c1ccc(O)c(OC)c1. The molecule has 0 saturated carbocycles. The third-order valence-corrected chi connectivity index (χ3v) is 2.37. The van der Waals surface area contributed by atoms with Gasteiger partial charge in [-0.25, -0.2) is 0 Å². The molecule has 0 aliphatic heterocycles. The van der Waals surface area contributed by atoms with Crippen molar-refractivity contribution in [1.82, 2.24) is 4.90 Å². The highest BCUT2D eigenvalue weighted by Crippen LogP contribution is 2.26. The number of rotatable bonds is 4. The number of likely N-dealkylation sites (N-methyl/N-ethyl adjacent to an activating group) is 1. The van der Waals surface area contributed by atoms with Crippen molar-refractivity contribution >= 4 is 11.9 Å². The molecule has 0 spiro atoms. The van der Waals surface area contributed by atoms with E-state index in [-0.39, 0.29) is 24.0 Å². The molecule has 0 radical (unpaired) electrons. The number of methoxy groups -OCH3 is 2. The molecule has 0 aliphatic rings. The number of nitrogens with zero attached hydrogens (tertiary/aromatic N) is 1. The number of phenolic OH excluding ortho intramolecular Hbond substituents is 1. The minimum absolute atomic E-state index is 0.0512. The van der Waals surface area contributed by atoms with Crippen LogP contribution in [0.1, 0.15) is 10.4 Å². The number of hydrogen-bond acceptors (Lipinski definition) is 5. The highest BCUT2D eigenvalue weighted by Gasteiger charge is 2.16. The van der Waals surface area contributed by atoms with Gasteiger partial charge in [0.1, 0.15) is 6.54 Å². The molecule has 1 amide bonds. The number of benzene rings is 1. The summed E-state index contributed by atoms with van der Waals surface area (Å²) in [5.41, 5.74) is 0.316. The van der Waals surface area contributed by atoms with Crippen molar-refractivity contribution in [2.75, 3.05) is 27.8 Å². The molecule has 0 atom stereocenters. The van der Waals surface area contributed by atoms with Crippen LogP contribution in [0.3, 0.4) is 0 Å².